The Morgan fingerprint density at radius 1 is 0.284 bits per heavy atom. The first kappa shape index (κ1) is 65.4. The van der Waals surface area contributed by atoms with Crippen molar-refractivity contribution < 1.29 is 28.6 Å². The number of carbonyl (C=O) groups is 3. The summed E-state index contributed by atoms with van der Waals surface area (Å²) in [6, 6.07) is 0. The van der Waals surface area contributed by atoms with Gasteiger partial charge in [-0.25, -0.2) is 0 Å². The molecule has 0 aromatic heterocycles. The summed E-state index contributed by atoms with van der Waals surface area (Å²) < 4.78 is 16.9. The molecule has 0 saturated carbocycles. The van der Waals surface area contributed by atoms with Crippen LogP contribution in [0, 0.1) is 11.8 Å². The highest BCUT2D eigenvalue weighted by atomic mass is 16.6. The van der Waals surface area contributed by atoms with Crippen LogP contribution in [-0.4, -0.2) is 37.2 Å². The van der Waals surface area contributed by atoms with Gasteiger partial charge in [0, 0.05) is 19.3 Å². The van der Waals surface area contributed by atoms with Gasteiger partial charge in [-0.15, -0.1) is 0 Å². The lowest BCUT2D eigenvalue weighted by Crippen LogP contribution is -2.30. The van der Waals surface area contributed by atoms with Gasteiger partial charge in [0.25, 0.3) is 0 Å². The molecule has 0 aromatic rings. The van der Waals surface area contributed by atoms with Crippen LogP contribution in [0.15, 0.2) is 0 Å². The second-order valence-corrected chi connectivity index (χ2v) is 21.9. The molecular formula is C61H118O6. The summed E-state index contributed by atoms with van der Waals surface area (Å²) in [5.41, 5.74) is 0. The van der Waals surface area contributed by atoms with Crippen LogP contribution in [0.4, 0.5) is 0 Å². The van der Waals surface area contributed by atoms with Crippen molar-refractivity contribution in [1.82, 2.24) is 0 Å². The first-order valence-corrected chi connectivity index (χ1v) is 30.2. The number of rotatable bonds is 55. The molecule has 6 nitrogen and oxygen atoms in total. The van der Waals surface area contributed by atoms with Gasteiger partial charge < -0.3 is 14.2 Å². The van der Waals surface area contributed by atoms with E-state index in [0.29, 0.717) is 19.3 Å². The van der Waals surface area contributed by atoms with E-state index in [4.69, 9.17) is 14.2 Å². The maximum absolute atomic E-state index is 12.9. The fourth-order valence-electron chi connectivity index (χ4n) is 9.40. The van der Waals surface area contributed by atoms with Crippen molar-refractivity contribution in [3.05, 3.63) is 0 Å². The van der Waals surface area contributed by atoms with Gasteiger partial charge in [0.05, 0.1) is 0 Å². The monoisotopic (exact) mass is 947 g/mol. The van der Waals surface area contributed by atoms with E-state index in [9.17, 15) is 14.4 Å². The van der Waals surface area contributed by atoms with E-state index < -0.39 is 6.10 Å². The van der Waals surface area contributed by atoms with Crippen LogP contribution in [0.5, 0.6) is 0 Å². The van der Waals surface area contributed by atoms with Gasteiger partial charge in [-0.2, -0.15) is 0 Å². The molecule has 0 saturated heterocycles. The third kappa shape index (κ3) is 55.2. The molecular weight excluding hydrogens is 829 g/mol. The third-order valence-corrected chi connectivity index (χ3v) is 14.0. The predicted molar refractivity (Wildman–Crippen MR) is 289 cm³/mol. The summed E-state index contributed by atoms with van der Waals surface area (Å²) in [7, 11) is 0. The minimum atomic E-state index is -0.763. The summed E-state index contributed by atoms with van der Waals surface area (Å²) in [5.74, 6) is 0.828. The van der Waals surface area contributed by atoms with Gasteiger partial charge >= 0.3 is 17.9 Å². The van der Waals surface area contributed by atoms with Crippen LogP contribution >= 0.6 is 0 Å². The summed E-state index contributed by atoms with van der Waals surface area (Å²) in [4.78, 5) is 38.2. The Hall–Kier alpha value is -1.59. The fraction of sp³-hybridized carbons (Fsp3) is 0.951. The average Bonchev–Trinajstić information content (AvgIpc) is 3.30. The maximum Gasteiger partial charge on any atom is 0.306 e. The molecule has 0 heterocycles. The van der Waals surface area contributed by atoms with E-state index >= 15 is 0 Å². The van der Waals surface area contributed by atoms with Crippen molar-refractivity contribution in [2.75, 3.05) is 13.2 Å². The number of unbranched alkanes of at least 4 members (excludes halogenated alkanes) is 40. The SMILES string of the molecule is CCCCCCCCCCCCCCCCCCCCCC(=O)OC[C@@H](COC(=O)CCCCCCCCCCCCCC(C)C)OC(=O)CCCCCCCCCCCCCCCC(C)C. The Morgan fingerprint density at radius 3 is 0.731 bits per heavy atom. The van der Waals surface area contributed by atoms with E-state index in [1.807, 2.05) is 0 Å². The lowest BCUT2D eigenvalue weighted by molar-refractivity contribution is -0.167. The van der Waals surface area contributed by atoms with E-state index in [2.05, 4.69) is 34.6 Å². The van der Waals surface area contributed by atoms with Crippen molar-refractivity contribution in [1.29, 1.82) is 0 Å². The summed E-state index contributed by atoms with van der Waals surface area (Å²) in [6.07, 6.45) is 58.1. The van der Waals surface area contributed by atoms with Crippen molar-refractivity contribution in [2.45, 2.75) is 349 Å². The number of ether oxygens (including phenoxy) is 3. The van der Waals surface area contributed by atoms with Crippen LogP contribution in [0.2, 0.25) is 0 Å². The number of esters is 3. The molecule has 398 valence electrons. The molecule has 0 aromatic carbocycles. The molecule has 0 N–H and O–H groups in total. The van der Waals surface area contributed by atoms with E-state index in [1.165, 1.54) is 231 Å². The Balaban J connectivity index is 4.28. The van der Waals surface area contributed by atoms with Gasteiger partial charge in [-0.05, 0) is 31.1 Å². The van der Waals surface area contributed by atoms with E-state index in [1.54, 1.807) is 0 Å². The lowest BCUT2D eigenvalue weighted by atomic mass is 10.0. The average molecular weight is 948 g/mol. The molecule has 6 heteroatoms. The normalized spacial score (nSPS) is 12.0. The minimum Gasteiger partial charge on any atom is -0.462 e. The molecule has 67 heavy (non-hydrogen) atoms. The zero-order chi connectivity index (χ0) is 48.9. The number of hydrogen-bond donors (Lipinski definition) is 0. The predicted octanol–water partition coefficient (Wildman–Crippen LogP) is 20.0. The van der Waals surface area contributed by atoms with E-state index in [0.717, 1.165) is 69.6 Å². The van der Waals surface area contributed by atoms with Crippen molar-refractivity contribution in [3.63, 3.8) is 0 Å². The van der Waals surface area contributed by atoms with E-state index in [-0.39, 0.29) is 31.1 Å². The Labute approximate surface area is 418 Å². The Kier molecular flexibility index (Phi) is 52.5. The van der Waals surface area contributed by atoms with Crippen molar-refractivity contribution >= 4 is 17.9 Å². The second-order valence-electron chi connectivity index (χ2n) is 21.9. The first-order chi connectivity index (χ1) is 32.7. The maximum atomic E-state index is 12.9. The highest BCUT2D eigenvalue weighted by molar-refractivity contribution is 5.71. The van der Waals surface area contributed by atoms with Crippen LogP contribution in [-0.2, 0) is 28.6 Å². The summed E-state index contributed by atoms with van der Waals surface area (Å²) in [6.45, 7) is 11.4. The minimum absolute atomic E-state index is 0.0624. The third-order valence-electron chi connectivity index (χ3n) is 14.0. The molecule has 0 amide bonds. The largest absolute Gasteiger partial charge is 0.462 e. The van der Waals surface area contributed by atoms with Gasteiger partial charge in [0.2, 0.25) is 0 Å². The molecule has 1 atom stereocenters. The van der Waals surface area contributed by atoms with Crippen LogP contribution in [0.25, 0.3) is 0 Å². The smallest absolute Gasteiger partial charge is 0.306 e. The lowest BCUT2D eigenvalue weighted by Gasteiger charge is -2.18. The van der Waals surface area contributed by atoms with Gasteiger partial charge in [0.1, 0.15) is 13.2 Å². The molecule has 0 aliphatic heterocycles. The molecule has 0 aliphatic rings. The van der Waals surface area contributed by atoms with Gasteiger partial charge in [-0.3, -0.25) is 14.4 Å². The molecule has 0 spiro atoms. The number of hydrogen-bond acceptors (Lipinski definition) is 6. The highest BCUT2D eigenvalue weighted by Gasteiger charge is 2.19. The molecule has 0 rings (SSSR count). The van der Waals surface area contributed by atoms with Gasteiger partial charge in [-0.1, -0.05) is 304 Å². The zero-order valence-electron chi connectivity index (χ0n) is 46.0. The number of carbonyl (C=O) groups excluding carboxylic acids is 3. The van der Waals surface area contributed by atoms with Crippen molar-refractivity contribution in [2.24, 2.45) is 11.8 Å². The van der Waals surface area contributed by atoms with Crippen LogP contribution in [0.3, 0.4) is 0 Å². The molecule has 0 unspecified atom stereocenters. The van der Waals surface area contributed by atoms with Crippen LogP contribution < -0.4 is 0 Å². The standard InChI is InChI=1S/C61H118O6/c1-6-7-8-9-10-11-12-13-14-15-16-17-18-21-26-31-36-41-46-51-59(62)65-54-58(55-66-60(63)52-47-42-37-32-28-23-25-30-35-40-45-50-57(4)5)67-61(64)53-48-43-38-33-27-22-19-20-24-29-34-39-44-49-56(2)3/h56-58H,6-55H2,1-5H3/t58-/m0/s1. The molecule has 0 fully saturated rings. The molecule has 0 radical (unpaired) electrons. The summed E-state index contributed by atoms with van der Waals surface area (Å²) in [5, 5.41) is 0. The molecule has 0 bridgehead atoms. The summed E-state index contributed by atoms with van der Waals surface area (Å²) >= 11 is 0. The van der Waals surface area contributed by atoms with Crippen LogP contribution in [0.1, 0.15) is 343 Å². The zero-order valence-corrected chi connectivity index (χ0v) is 46.0. The second kappa shape index (κ2) is 53.8. The van der Waals surface area contributed by atoms with Gasteiger partial charge in [0.15, 0.2) is 6.10 Å². The van der Waals surface area contributed by atoms with Crippen molar-refractivity contribution in [3.8, 4) is 0 Å². The first-order valence-electron chi connectivity index (χ1n) is 30.2. The molecule has 0 aliphatic carbocycles. The Bertz CT molecular complexity index is 1020. The Morgan fingerprint density at radius 2 is 0.493 bits per heavy atom. The topological polar surface area (TPSA) is 78.9 Å². The highest BCUT2D eigenvalue weighted by Crippen LogP contribution is 2.18. The fourth-order valence-corrected chi connectivity index (χ4v) is 9.40. The quantitative estimate of drug-likeness (QED) is 0.0343.